The van der Waals surface area contributed by atoms with Gasteiger partial charge in [-0.3, -0.25) is 4.90 Å². The van der Waals surface area contributed by atoms with Crippen molar-refractivity contribution in [3.63, 3.8) is 0 Å². The summed E-state index contributed by atoms with van der Waals surface area (Å²) in [6, 6.07) is 18.1. The molecule has 1 N–H and O–H groups in total. The van der Waals surface area contributed by atoms with Gasteiger partial charge >= 0.3 is 6.03 Å². The number of ether oxygens (including phenoxy) is 1. The number of aryl methyl sites for hydroxylation is 1. The number of urea groups is 1. The van der Waals surface area contributed by atoms with Crippen molar-refractivity contribution in [2.75, 3.05) is 51.3 Å². The van der Waals surface area contributed by atoms with Crippen LogP contribution in [0.3, 0.4) is 0 Å². The van der Waals surface area contributed by atoms with Crippen LogP contribution < -0.4 is 5.32 Å². The fourth-order valence-electron chi connectivity index (χ4n) is 3.36. The van der Waals surface area contributed by atoms with Crippen LogP contribution in [0.5, 0.6) is 0 Å². The summed E-state index contributed by atoms with van der Waals surface area (Å²) in [5.41, 5.74) is 4.30. The highest BCUT2D eigenvalue weighted by molar-refractivity contribution is 5.89. The summed E-state index contributed by atoms with van der Waals surface area (Å²) in [7, 11) is 0. The Bertz CT molecular complexity index is 797. The molecule has 0 saturated carbocycles. The number of morpholine rings is 1. The lowest BCUT2D eigenvalue weighted by molar-refractivity contribution is 0.0354. The number of anilines is 1. The first-order valence-electron chi connectivity index (χ1n) is 10.2. The fraction of sp³-hybridized carbons (Fsp3) is 0.375. The van der Waals surface area contributed by atoms with E-state index < -0.39 is 0 Å². The largest absolute Gasteiger partial charge is 0.379 e. The zero-order valence-corrected chi connectivity index (χ0v) is 17.4. The second-order valence-corrected chi connectivity index (χ2v) is 7.57. The van der Waals surface area contributed by atoms with Crippen molar-refractivity contribution in [1.29, 1.82) is 0 Å². The molecule has 0 bridgehead atoms. The molecule has 2 amide bonds. The van der Waals surface area contributed by atoms with Crippen molar-refractivity contribution < 1.29 is 9.53 Å². The Morgan fingerprint density at radius 3 is 2.48 bits per heavy atom. The van der Waals surface area contributed by atoms with Crippen molar-refractivity contribution in [3.8, 4) is 0 Å². The number of nitrogens with zero attached hydrogens (tertiary/aromatic N) is 2. The van der Waals surface area contributed by atoms with Crippen molar-refractivity contribution in [2.45, 2.75) is 13.8 Å². The fourth-order valence-corrected chi connectivity index (χ4v) is 3.36. The summed E-state index contributed by atoms with van der Waals surface area (Å²) in [5.74, 6) is 0. The molecule has 2 aromatic rings. The minimum Gasteiger partial charge on any atom is -0.379 e. The van der Waals surface area contributed by atoms with Crippen LogP contribution in [0.1, 0.15) is 18.1 Å². The summed E-state index contributed by atoms with van der Waals surface area (Å²) in [6.45, 7) is 9.62. The molecule has 1 fully saturated rings. The number of benzene rings is 2. The van der Waals surface area contributed by atoms with E-state index in [4.69, 9.17) is 4.74 Å². The van der Waals surface area contributed by atoms with Gasteiger partial charge in [-0.15, -0.1) is 0 Å². The van der Waals surface area contributed by atoms with Gasteiger partial charge in [0.05, 0.1) is 13.2 Å². The highest BCUT2D eigenvalue weighted by Crippen LogP contribution is 2.12. The molecule has 154 valence electrons. The molecule has 29 heavy (non-hydrogen) atoms. The van der Waals surface area contributed by atoms with E-state index in [9.17, 15) is 4.79 Å². The van der Waals surface area contributed by atoms with E-state index in [1.807, 2.05) is 54.3 Å². The van der Waals surface area contributed by atoms with E-state index in [-0.39, 0.29) is 6.03 Å². The van der Waals surface area contributed by atoms with Gasteiger partial charge in [-0.05, 0) is 31.5 Å². The molecule has 2 aromatic carbocycles. The maximum atomic E-state index is 13.0. The lowest BCUT2D eigenvalue weighted by atomic mass is 10.1. The summed E-state index contributed by atoms with van der Waals surface area (Å²) in [6.07, 6.45) is 2.14. The smallest absolute Gasteiger partial charge is 0.322 e. The molecule has 1 saturated heterocycles. The number of nitrogens with one attached hydrogen (secondary N) is 1. The van der Waals surface area contributed by atoms with Gasteiger partial charge in [-0.2, -0.15) is 0 Å². The summed E-state index contributed by atoms with van der Waals surface area (Å²) in [5, 5.41) is 3.04. The van der Waals surface area contributed by atoms with E-state index in [2.05, 4.69) is 35.3 Å². The molecule has 1 heterocycles. The molecule has 1 aliphatic rings. The molecule has 5 nitrogen and oxygen atoms in total. The van der Waals surface area contributed by atoms with Crippen molar-refractivity contribution >= 4 is 17.8 Å². The third-order valence-electron chi connectivity index (χ3n) is 5.03. The Hall–Kier alpha value is -2.63. The van der Waals surface area contributed by atoms with Crippen molar-refractivity contribution in [3.05, 3.63) is 71.3 Å². The summed E-state index contributed by atoms with van der Waals surface area (Å²) in [4.78, 5) is 17.2. The van der Waals surface area contributed by atoms with E-state index >= 15 is 0 Å². The predicted octanol–water partition coefficient (Wildman–Crippen LogP) is 4.26. The monoisotopic (exact) mass is 393 g/mol. The first-order valence-corrected chi connectivity index (χ1v) is 10.2. The normalized spacial score (nSPS) is 15.2. The molecule has 0 radical (unpaired) electrons. The third-order valence-corrected chi connectivity index (χ3v) is 5.03. The van der Waals surface area contributed by atoms with E-state index in [1.165, 1.54) is 5.56 Å². The van der Waals surface area contributed by atoms with Gasteiger partial charge in [0.15, 0.2) is 0 Å². The Kier molecular flexibility index (Phi) is 7.85. The second-order valence-electron chi connectivity index (χ2n) is 7.57. The lowest BCUT2D eigenvalue weighted by Crippen LogP contribution is -2.44. The molecule has 1 aliphatic heterocycles. The van der Waals surface area contributed by atoms with Crippen LogP contribution in [-0.2, 0) is 4.74 Å². The summed E-state index contributed by atoms with van der Waals surface area (Å²) < 4.78 is 5.43. The Morgan fingerprint density at radius 2 is 1.79 bits per heavy atom. The highest BCUT2D eigenvalue weighted by Gasteiger charge is 2.17. The maximum Gasteiger partial charge on any atom is 0.322 e. The van der Waals surface area contributed by atoms with Crippen LogP contribution in [0.25, 0.3) is 6.08 Å². The Balaban J connectivity index is 1.66. The second kappa shape index (κ2) is 10.8. The van der Waals surface area contributed by atoms with Crippen LogP contribution >= 0.6 is 0 Å². The van der Waals surface area contributed by atoms with Crippen molar-refractivity contribution in [2.24, 2.45) is 0 Å². The summed E-state index contributed by atoms with van der Waals surface area (Å²) >= 11 is 0. The van der Waals surface area contributed by atoms with E-state index in [1.54, 1.807) is 0 Å². The molecule has 0 spiro atoms. The molecule has 0 aliphatic carbocycles. The number of hydrogen-bond acceptors (Lipinski definition) is 3. The van der Waals surface area contributed by atoms with E-state index in [0.717, 1.165) is 49.7 Å². The SMILES string of the molecule is C/C(=C\c1ccccc1)CN(CCN1CCOCC1)C(=O)Nc1ccc(C)cc1. The molecule has 0 unspecified atom stereocenters. The van der Waals surface area contributed by atoms with Gasteiger partial charge in [-0.25, -0.2) is 4.79 Å². The number of carbonyl (C=O) groups excluding carboxylic acids is 1. The quantitative estimate of drug-likeness (QED) is 0.764. The predicted molar refractivity (Wildman–Crippen MR) is 119 cm³/mol. The standard InChI is InChI=1S/C24H31N3O2/c1-20-8-10-23(11-9-20)25-24(28)27(13-12-26-14-16-29-17-15-26)19-21(2)18-22-6-4-3-5-7-22/h3-11,18H,12-17,19H2,1-2H3,(H,25,28)/b21-18+. The average molecular weight is 394 g/mol. The minimum absolute atomic E-state index is 0.0667. The molecule has 5 heteroatoms. The van der Waals surface area contributed by atoms with Gasteiger partial charge in [0.2, 0.25) is 0 Å². The van der Waals surface area contributed by atoms with Gasteiger partial charge in [0.1, 0.15) is 0 Å². The molecular formula is C24H31N3O2. The first kappa shape index (κ1) is 21.1. The van der Waals surface area contributed by atoms with Crippen LogP contribution in [-0.4, -0.2) is 61.8 Å². The highest BCUT2D eigenvalue weighted by atomic mass is 16.5. The molecule has 0 aromatic heterocycles. The van der Waals surface area contributed by atoms with Crippen LogP contribution in [0.15, 0.2) is 60.2 Å². The van der Waals surface area contributed by atoms with Gasteiger partial charge < -0.3 is 15.0 Å². The van der Waals surface area contributed by atoms with Crippen LogP contribution in [0.2, 0.25) is 0 Å². The third kappa shape index (κ3) is 7.04. The Labute approximate surface area is 174 Å². The van der Waals surface area contributed by atoms with Crippen molar-refractivity contribution in [1.82, 2.24) is 9.80 Å². The van der Waals surface area contributed by atoms with Crippen LogP contribution in [0.4, 0.5) is 10.5 Å². The van der Waals surface area contributed by atoms with Gasteiger partial charge in [0.25, 0.3) is 0 Å². The topological polar surface area (TPSA) is 44.8 Å². The first-order chi connectivity index (χ1) is 14.1. The molecule has 3 rings (SSSR count). The average Bonchev–Trinajstić information content (AvgIpc) is 2.74. The minimum atomic E-state index is -0.0667. The number of rotatable bonds is 7. The van der Waals surface area contributed by atoms with E-state index in [0.29, 0.717) is 13.1 Å². The zero-order valence-electron chi connectivity index (χ0n) is 17.4. The van der Waals surface area contributed by atoms with Gasteiger partial charge in [-0.1, -0.05) is 59.7 Å². The van der Waals surface area contributed by atoms with Crippen LogP contribution in [0, 0.1) is 6.92 Å². The number of carbonyl (C=O) groups is 1. The lowest BCUT2D eigenvalue weighted by Gasteiger charge is -2.30. The van der Waals surface area contributed by atoms with Gasteiger partial charge in [0, 0.05) is 38.4 Å². The Morgan fingerprint density at radius 1 is 1.10 bits per heavy atom. The molecular weight excluding hydrogens is 362 g/mol. The zero-order chi connectivity index (χ0) is 20.5. The number of hydrogen-bond donors (Lipinski definition) is 1. The maximum absolute atomic E-state index is 13.0. The number of amides is 2. The molecule has 0 atom stereocenters.